The van der Waals surface area contributed by atoms with Crippen LogP contribution in [0.5, 0.6) is 11.5 Å². The van der Waals surface area contributed by atoms with Gasteiger partial charge in [0.05, 0.1) is 16.0 Å². The topological polar surface area (TPSA) is 88.2 Å². The van der Waals surface area contributed by atoms with E-state index in [4.69, 9.17) is 21.7 Å². The standard InChI is InChI=1S/C27H28BrN3O5S2/c1-3-35-21-14-18(13-20(28)24(21)36-16-23(32)30-11-7-4-8-12-30)15-22-26(34)31(27(37)38-22)29-25(33)19-10-6-5-9-17(19)2/h5-6,9-10,13-15H,3-4,7-8,11-12,16H2,1-2H3,(H,29,33)/b22-15+. The molecule has 11 heteroatoms. The second kappa shape index (κ2) is 12.8. The van der Waals surface area contributed by atoms with Crippen LogP contribution in [0.4, 0.5) is 0 Å². The molecule has 0 bridgehead atoms. The molecule has 2 saturated heterocycles. The fraction of sp³-hybridized carbons (Fsp3) is 0.333. The van der Waals surface area contributed by atoms with Gasteiger partial charge in [0.15, 0.2) is 22.4 Å². The Labute approximate surface area is 239 Å². The van der Waals surface area contributed by atoms with Crippen molar-refractivity contribution in [2.24, 2.45) is 0 Å². The summed E-state index contributed by atoms with van der Waals surface area (Å²) in [6.45, 7) is 5.49. The molecule has 38 heavy (non-hydrogen) atoms. The Morgan fingerprint density at radius 2 is 1.89 bits per heavy atom. The molecule has 0 aromatic heterocycles. The fourth-order valence-electron chi connectivity index (χ4n) is 4.15. The van der Waals surface area contributed by atoms with E-state index in [0.29, 0.717) is 38.6 Å². The molecule has 0 aliphatic carbocycles. The number of hydrazine groups is 1. The number of thiocarbonyl (C=S) groups is 1. The van der Waals surface area contributed by atoms with Crippen molar-refractivity contribution in [2.75, 3.05) is 26.3 Å². The SMILES string of the molecule is CCOc1cc(/C=C2/SC(=S)N(NC(=O)c3ccccc3C)C2=O)cc(Br)c1OCC(=O)N1CCCCC1. The largest absolute Gasteiger partial charge is 0.490 e. The van der Waals surface area contributed by atoms with E-state index in [1.165, 1.54) is 0 Å². The molecule has 2 aliphatic heterocycles. The molecular formula is C27H28BrN3O5S2. The van der Waals surface area contributed by atoms with Gasteiger partial charge in [-0.25, -0.2) is 0 Å². The number of hydrogen-bond donors (Lipinski definition) is 1. The number of piperidine rings is 1. The molecular weight excluding hydrogens is 590 g/mol. The highest BCUT2D eigenvalue weighted by Gasteiger charge is 2.34. The minimum Gasteiger partial charge on any atom is -0.490 e. The maximum absolute atomic E-state index is 13.1. The lowest BCUT2D eigenvalue weighted by Crippen LogP contribution is -2.45. The zero-order chi connectivity index (χ0) is 27.2. The Morgan fingerprint density at radius 1 is 1.16 bits per heavy atom. The fourth-order valence-corrected chi connectivity index (χ4v) is 5.90. The summed E-state index contributed by atoms with van der Waals surface area (Å²) in [7, 11) is 0. The molecule has 2 fully saturated rings. The quantitative estimate of drug-likeness (QED) is 0.326. The summed E-state index contributed by atoms with van der Waals surface area (Å²) in [5.74, 6) is -0.0269. The normalized spacial score (nSPS) is 16.7. The smallest absolute Gasteiger partial charge is 0.285 e. The van der Waals surface area contributed by atoms with E-state index in [9.17, 15) is 14.4 Å². The summed E-state index contributed by atoms with van der Waals surface area (Å²) < 4.78 is 12.5. The maximum atomic E-state index is 13.1. The lowest BCUT2D eigenvalue weighted by molar-refractivity contribution is -0.134. The summed E-state index contributed by atoms with van der Waals surface area (Å²) in [4.78, 5) is 40.6. The molecule has 2 aromatic carbocycles. The number of carbonyl (C=O) groups excluding carboxylic acids is 3. The van der Waals surface area contributed by atoms with Crippen LogP contribution >= 0.6 is 39.9 Å². The molecule has 2 aromatic rings. The van der Waals surface area contributed by atoms with Crippen LogP contribution in [0.3, 0.4) is 0 Å². The van der Waals surface area contributed by atoms with Gasteiger partial charge in [0.2, 0.25) is 0 Å². The minimum absolute atomic E-state index is 0.0560. The van der Waals surface area contributed by atoms with Gasteiger partial charge in [0.1, 0.15) is 0 Å². The highest BCUT2D eigenvalue weighted by atomic mass is 79.9. The van der Waals surface area contributed by atoms with Gasteiger partial charge in [-0.1, -0.05) is 30.0 Å². The van der Waals surface area contributed by atoms with E-state index in [0.717, 1.165) is 54.7 Å². The van der Waals surface area contributed by atoms with Crippen molar-refractivity contribution in [3.05, 3.63) is 62.5 Å². The first kappa shape index (κ1) is 28.1. The van der Waals surface area contributed by atoms with E-state index in [2.05, 4.69) is 21.4 Å². The summed E-state index contributed by atoms with van der Waals surface area (Å²) in [6, 6.07) is 10.6. The third-order valence-corrected chi connectivity index (χ3v) is 7.97. The number of halogens is 1. The van der Waals surface area contributed by atoms with Crippen molar-refractivity contribution in [3.8, 4) is 11.5 Å². The molecule has 3 amide bonds. The Balaban J connectivity index is 1.49. The summed E-state index contributed by atoms with van der Waals surface area (Å²) in [5.41, 5.74) is 4.53. The summed E-state index contributed by atoms with van der Waals surface area (Å²) in [6.07, 6.45) is 4.84. The molecule has 1 N–H and O–H groups in total. The van der Waals surface area contributed by atoms with Crippen LogP contribution in [0.15, 0.2) is 45.8 Å². The number of nitrogens with zero attached hydrogens (tertiary/aromatic N) is 2. The highest BCUT2D eigenvalue weighted by molar-refractivity contribution is 9.10. The Hall–Kier alpha value is -2.89. The van der Waals surface area contributed by atoms with Gasteiger partial charge in [-0.05, 0) is 96.7 Å². The number of rotatable bonds is 8. The number of hydrogen-bond acceptors (Lipinski definition) is 7. The monoisotopic (exact) mass is 617 g/mol. The van der Waals surface area contributed by atoms with E-state index in [-0.39, 0.29) is 16.8 Å². The second-order valence-corrected chi connectivity index (χ2v) is 11.3. The number of ether oxygens (including phenoxy) is 2. The van der Waals surface area contributed by atoms with Gasteiger partial charge < -0.3 is 14.4 Å². The Kier molecular flexibility index (Phi) is 9.45. The Bertz CT molecular complexity index is 1290. The highest BCUT2D eigenvalue weighted by Crippen LogP contribution is 2.39. The van der Waals surface area contributed by atoms with E-state index < -0.39 is 11.8 Å². The van der Waals surface area contributed by atoms with Crippen molar-refractivity contribution in [3.63, 3.8) is 0 Å². The second-order valence-electron chi connectivity index (χ2n) is 8.77. The molecule has 0 spiro atoms. The number of nitrogens with one attached hydrogen (secondary N) is 1. The number of carbonyl (C=O) groups is 3. The lowest BCUT2D eigenvalue weighted by atomic mass is 10.1. The van der Waals surface area contributed by atoms with Gasteiger partial charge in [0.25, 0.3) is 17.7 Å². The van der Waals surface area contributed by atoms with Crippen LogP contribution in [0.2, 0.25) is 0 Å². The molecule has 0 saturated carbocycles. The van der Waals surface area contributed by atoms with E-state index in [1.54, 1.807) is 30.3 Å². The molecule has 200 valence electrons. The number of thioether (sulfide) groups is 1. The van der Waals surface area contributed by atoms with Crippen molar-refractivity contribution < 1.29 is 23.9 Å². The van der Waals surface area contributed by atoms with Crippen molar-refractivity contribution >= 4 is 68.0 Å². The number of amides is 3. The van der Waals surface area contributed by atoms with Gasteiger partial charge in [0, 0.05) is 18.7 Å². The first-order valence-electron chi connectivity index (χ1n) is 12.3. The maximum Gasteiger partial charge on any atom is 0.285 e. The van der Waals surface area contributed by atoms with Gasteiger partial charge in [-0.15, -0.1) is 0 Å². The predicted octanol–water partition coefficient (Wildman–Crippen LogP) is 5.09. The van der Waals surface area contributed by atoms with Crippen molar-refractivity contribution in [2.45, 2.75) is 33.1 Å². The van der Waals surface area contributed by atoms with Gasteiger partial charge in [-0.2, -0.15) is 5.01 Å². The number of aryl methyl sites for hydroxylation is 1. The van der Waals surface area contributed by atoms with E-state index in [1.807, 2.05) is 30.9 Å². The predicted molar refractivity (Wildman–Crippen MR) is 155 cm³/mol. The molecule has 0 unspecified atom stereocenters. The number of likely N-dealkylation sites (tertiary alicyclic amines) is 1. The molecule has 2 heterocycles. The van der Waals surface area contributed by atoms with Gasteiger partial charge >= 0.3 is 0 Å². The lowest BCUT2D eigenvalue weighted by Gasteiger charge is -2.26. The van der Waals surface area contributed by atoms with E-state index >= 15 is 0 Å². The molecule has 4 rings (SSSR count). The Morgan fingerprint density at radius 3 is 2.61 bits per heavy atom. The summed E-state index contributed by atoms with van der Waals surface area (Å²) >= 11 is 9.98. The van der Waals surface area contributed by atoms with Crippen molar-refractivity contribution in [1.82, 2.24) is 15.3 Å². The average Bonchev–Trinajstić information content (AvgIpc) is 3.16. The van der Waals surface area contributed by atoms with Crippen molar-refractivity contribution in [1.29, 1.82) is 0 Å². The van der Waals surface area contributed by atoms with Crippen LogP contribution in [0, 0.1) is 6.92 Å². The molecule has 0 radical (unpaired) electrons. The molecule has 8 nitrogen and oxygen atoms in total. The zero-order valence-corrected chi connectivity index (χ0v) is 24.3. The third-order valence-electron chi connectivity index (χ3n) is 6.07. The third kappa shape index (κ3) is 6.57. The van der Waals surface area contributed by atoms with Crippen LogP contribution in [0.1, 0.15) is 47.7 Å². The van der Waals surface area contributed by atoms with Crippen LogP contribution in [-0.2, 0) is 9.59 Å². The molecule has 2 aliphatic rings. The minimum atomic E-state index is -0.427. The van der Waals surface area contributed by atoms with Crippen LogP contribution in [-0.4, -0.2) is 58.3 Å². The van der Waals surface area contributed by atoms with Gasteiger partial charge in [-0.3, -0.25) is 19.8 Å². The average molecular weight is 619 g/mol. The van der Waals surface area contributed by atoms with Crippen LogP contribution in [0.25, 0.3) is 6.08 Å². The zero-order valence-electron chi connectivity index (χ0n) is 21.1. The van der Waals surface area contributed by atoms with Crippen LogP contribution < -0.4 is 14.9 Å². The number of benzene rings is 2. The summed E-state index contributed by atoms with van der Waals surface area (Å²) in [5, 5.41) is 1.09. The first-order valence-corrected chi connectivity index (χ1v) is 14.3. The molecule has 0 atom stereocenters. The first-order chi connectivity index (χ1) is 18.3.